The minimum atomic E-state index is -0.542. The van der Waals surface area contributed by atoms with E-state index in [0.29, 0.717) is 12.1 Å². The van der Waals surface area contributed by atoms with Crippen molar-refractivity contribution in [3.63, 3.8) is 0 Å². The number of nitrogens with one attached hydrogen (secondary N) is 1. The summed E-state index contributed by atoms with van der Waals surface area (Å²) in [7, 11) is 0. The van der Waals surface area contributed by atoms with Gasteiger partial charge in [0.2, 0.25) is 0 Å². The molecule has 0 saturated carbocycles. The van der Waals surface area contributed by atoms with Crippen molar-refractivity contribution in [3.8, 4) is 0 Å². The van der Waals surface area contributed by atoms with Crippen molar-refractivity contribution < 1.29 is 9.72 Å². The lowest BCUT2D eigenvalue weighted by Gasteiger charge is -2.16. The molecule has 0 aliphatic rings. The van der Waals surface area contributed by atoms with Crippen LogP contribution in [0.4, 0.5) is 5.69 Å². The third-order valence-electron chi connectivity index (χ3n) is 2.93. The van der Waals surface area contributed by atoms with Crippen LogP contribution >= 0.6 is 0 Å². The van der Waals surface area contributed by atoms with Gasteiger partial charge in [0.05, 0.1) is 4.92 Å². The van der Waals surface area contributed by atoms with E-state index in [2.05, 4.69) is 5.32 Å². The summed E-state index contributed by atoms with van der Waals surface area (Å²) in [6.07, 6.45) is 1.64. The lowest BCUT2D eigenvalue weighted by Crippen LogP contribution is -2.40. The van der Waals surface area contributed by atoms with Gasteiger partial charge in [0.1, 0.15) is 5.56 Å². The molecule has 0 aliphatic heterocycles. The molecule has 3 N–H and O–H groups in total. The number of hydrogen-bond donors (Lipinski definition) is 2. The van der Waals surface area contributed by atoms with Gasteiger partial charge < -0.3 is 11.1 Å². The van der Waals surface area contributed by atoms with Gasteiger partial charge in [0.15, 0.2) is 0 Å². The number of carbonyl (C=O) groups is 1. The summed E-state index contributed by atoms with van der Waals surface area (Å²) >= 11 is 0. The molecule has 104 valence electrons. The van der Waals surface area contributed by atoms with Crippen LogP contribution in [0.3, 0.4) is 0 Å². The number of nitrogens with zero attached hydrogens (tertiary/aromatic N) is 1. The summed E-state index contributed by atoms with van der Waals surface area (Å²) in [4.78, 5) is 22.6. The molecule has 19 heavy (non-hydrogen) atoms. The molecule has 6 heteroatoms. The Kier molecular flexibility index (Phi) is 5.44. The maximum Gasteiger partial charge on any atom is 0.282 e. The first-order chi connectivity index (χ1) is 9.01. The first-order valence-electron chi connectivity index (χ1n) is 6.26. The SMILES string of the molecule is CCCC(CN)NC(=O)c1c(C)cccc1[N+](=O)[O-]. The number of hydrogen-bond acceptors (Lipinski definition) is 4. The summed E-state index contributed by atoms with van der Waals surface area (Å²) < 4.78 is 0. The van der Waals surface area contributed by atoms with E-state index in [-0.39, 0.29) is 17.3 Å². The lowest BCUT2D eigenvalue weighted by molar-refractivity contribution is -0.385. The molecule has 0 spiro atoms. The van der Waals surface area contributed by atoms with Crippen molar-refractivity contribution in [1.82, 2.24) is 5.32 Å². The number of nitro benzene ring substituents is 1. The first-order valence-corrected chi connectivity index (χ1v) is 6.26. The summed E-state index contributed by atoms with van der Waals surface area (Å²) in [5.41, 5.74) is 6.09. The van der Waals surface area contributed by atoms with E-state index in [9.17, 15) is 14.9 Å². The van der Waals surface area contributed by atoms with E-state index in [0.717, 1.165) is 12.8 Å². The highest BCUT2D eigenvalue weighted by molar-refractivity contribution is 5.99. The van der Waals surface area contributed by atoms with Gasteiger partial charge in [-0.1, -0.05) is 25.5 Å². The van der Waals surface area contributed by atoms with Crippen LogP contribution in [0, 0.1) is 17.0 Å². The number of nitro groups is 1. The van der Waals surface area contributed by atoms with Gasteiger partial charge in [0.25, 0.3) is 11.6 Å². The molecule has 0 bridgehead atoms. The molecule has 0 aromatic heterocycles. The van der Waals surface area contributed by atoms with E-state index < -0.39 is 10.8 Å². The van der Waals surface area contributed by atoms with E-state index in [1.54, 1.807) is 19.1 Å². The van der Waals surface area contributed by atoms with Gasteiger partial charge >= 0.3 is 0 Å². The Morgan fingerprint density at radius 1 is 1.53 bits per heavy atom. The van der Waals surface area contributed by atoms with Crippen LogP contribution in [0.2, 0.25) is 0 Å². The largest absolute Gasteiger partial charge is 0.348 e. The number of nitrogens with two attached hydrogens (primary N) is 1. The van der Waals surface area contributed by atoms with Gasteiger partial charge in [0, 0.05) is 18.7 Å². The van der Waals surface area contributed by atoms with Gasteiger partial charge in [-0.15, -0.1) is 0 Å². The van der Waals surface area contributed by atoms with Crippen molar-refractivity contribution in [3.05, 3.63) is 39.4 Å². The third kappa shape index (κ3) is 3.75. The molecule has 1 aromatic carbocycles. The summed E-state index contributed by atoms with van der Waals surface area (Å²) in [6, 6.07) is 4.42. The van der Waals surface area contributed by atoms with E-state index in [1.165, 1.54) is 6.07 Å². The maximum absolute atomic E-state index is 12.2. The smallest absolute Gasteiger partial charge is 0.282 e. The zero-order chi connectivity index (χ0) is 14.4. The van der Waals surface area contributed by atoms with Crippen LogP contribution in [0.1, 0.15) is 35.7 Å². The molecule has 1 atom stereocenters. The summed E-state index contributed by atoms with van der Waals surface area (Å²) in [5.74, 6) is -0.436. The second-order valence-electron chi connectivity index (χ2n) is 4.42. The quantitative estimate of drug-likeness (QED) is 0.604. The Bertz CT molecular complexity index is 474. The van der Waals surface area contributed by atoms with Crippen molar-refractivity contribution in [2.45, 2.75) is 32.7 Å². The second-order valence-corrected chi connectivity index (χ2v) is 4.42. The molecule has 1 aromatic rings. The molecular formula is C13H19N3O3. The summed E-state index contributed by atoms with van der Waals surface area (Å²) in [6.45, 7) is 3.99. The Balaban J connectivity index is 3.02. The number of benzene rings is 1. The molecule has 0 saturated heterocycles. The Hall–Kier alpha value is -1.95. The lowest BCUT2D eigenvalue weighted by atomic mass is 10.0. The monoisotopic (exact) mass is 265 g/mol. The molecule has 1 unspecified atom stereocenters. The maximum atomic E-state index is 12.2. The zero-order valence-electron chi connectivity index (χ0n) is 11.2. The number of aryl methyl sites for hydroxylation is 1. The first kappa shape index (κ1) is 15.1. The van der Waals surface area contributed by atoms with Crippen LogP contribution < -0.4 is 11.1 Å². The predicted molar refractivity (Wildman–Crippen MR) is 73.1 cm³/mol. The highest BCUT2D eigenvalue weighted by Crippen LogP contribution is 2.21. The molecule has 0 heterocycles. The van der Waals surface area contributed by atoms with Gasteiger partial charge in [-0.2, -0.15) is 0 Å². The Morgan fingerprint density at radius 2 is 2.21 bits per heavy atom. The van der Waals surface area contributed by atoms with Crippen molar-refractivity contribution in [2.24, 2.45) is 5.73 Å². The second kappa shape index (κ2) is 6.84. The van der Waals surface area contributed by atoms with Crippen molar-refractivity contribution in [2.75, 3.05) is 6.54 Å². The molecule has 0 radical (unpaired) electrons. The highest BCUT2D eigenvalue weighted by atomic mass is 16.6. The molecule has 1 rings (SSSR count). The topological polar surface area (TPSA) is 98.3 Å². The minimum absolute atomic E-state index is 0.113. The van der Waals surface area contributed by atoms with E-state index in [1.807, 2.05) is 6.92 Å². The third-order valence-corrected chi connectivity index (χ3v) is 2.93. The summed E-state index contributed by atoms with van der Waals surface area (Å²) in [5, 5.41) is 13.7. The molecule has 6 nitrogen and oxygen atoms in total. The fraction of sp³-hybridized carbons (Fsp3) is 0.462. The van der Waals surface area contributed by atoms with Gasteiger partial charge in [-0.3, -0.25) is 14.9 Å². The highest BCUT2D eigenvalue weighted by Gasteiger charge is 2.23. The van der Waals surface area contributed by atoms with Gasteiger partial charge in [-0.05, 0) is 18.9 Å². The van der Waals surface area contributed by atoms with Crippen molar-refractivity contribution >= 4 is 11.6 Å². The predicted octanol–water partition coefficient (Wildman–Crippen LogP) is 1.76. The Labute approximate surface area is 112 Å². The number of amides is 1. The Morgan fingerprint density at radius 3 is 2.74 bits per heavy atom. The molecular weight excluding hydrogens is 246 g/mol. The average molecular weight is 265 g/mol. The molecule has 1 amide bonds. The molecule has 0 aliphatic carbocycles. The zero-order valence-corrected chi connectivity index (χ0v) is 11.2. The van der Waals surface area contributed by atoms with E-state index in [4.69, 9.17) is 5.73 Å². The fourth-order valence-corrected chi connectivity index (χ4v) is 1.95. The number of carbonyl (C=O) groups excluding carboxylic acids is 1. The van der Waals surface area contributed by atoms with Gasteiger partial charge in [-0.25, -0.2) is 0 Å². The average Bonchev–Trinajstić information content (AvgIpc) is 2.37. The van der Waals surface area contributed by atoms with Crippen LogP contribution in [-0.2, 0) is 0 Å². The molecule has 0 fully saturated rings. The van der Waals surface area contributed by atoms with Crippen molar-refractivity contribution in [1.29, 1.82) is 0 Å². The normalized spacial score (nSPS) is 11.9. The van der Waals surface area contributed by atoms with Crippen LogP contribution in [-0.4, -0.2) is 23.4 Å². The minimum Gasteiger partial charge on any atom is -0.348 e. The van der Waals surface area contributed by atoms with Crippen LogP contribution in [0.15, 0.2) is 18.2 Å². The fourth-order valence-electron chi connectivity index (χ4n) is 1.95. The van der Waals surface area contributed by atoms with E-state index >= 15 is 0 Å². The van der Waals surface area contributed by atoms with Crippen LogP contribution in [0.5, 0.6) is 0 Å². The number of rotatable bonds is 6. The van der Waals surface area contributed by atoms with Crippen LogP contribution in [0.25, 0.3) is 0 Å². The standard InChI is InChI=1S/C13H19N3O3/c1-3-5-10(8-14)15-13(17)12-9(2)6-4-7-11(12)16(18)19/h4,6-7,10H,3,5,8,14H2,1-2H3,(H,15,17).